The van der Waals surface area contributed by atoms with Crippen molar-refractivity contribution in [2.75, 3.05) is 0 Å². The van der Waals surface area contributed by atoms with Gasteiger partial charge in [-0.15, -0.1) is 0 Å². The monoisotopic (exact) mass is 587 g/mol. The molecule has 1 aliphatic rings. The van der Waals surface area contributed by atoms with Crippen LogP contribution in [0.25, 0.3) is 22.2 Å². The molecule has 0 radical (unpaired) electrons. The zero-order valence-corrected chi connectivity index (χ0v) is 23.0. The Balaban J connectivity index is 1.23. The van der Waals surface area contributed by atoms with Crippen molar-refractivity contribution < 1.29 is 30.8 Å². The molecule has 6 nitrogen and oxygen atoms in total. The molecule has 3 N–H and O–H groups in total. The van der Waals surface area contributed by atoms with Crippen LogP contribution in [0.15, 0.2) is 77.7 Å². The minimum Gasteiger partial charge on any atom is -0.354 e. The van der Waals surface area contributed by atoms with Crippen LogP contribution in [0.4, 0.5) is 17.6 Å². The van der Waals surface area contributed by atoms with E-state index in [1.807, 2.05) is 6.92 Å². The number of aromatic nitrogens is 1. The average Bonchev–Trinajstić information content (AvgIpc) is 3.37. The second-order valence-electron chi connectivity index (χ2n) is 10.4. The summed E-state index contributed by atoms with van der Waals surface area (Å²) in [4.78, 5) is 15.7. The van der Waals surface area contributed by atoms with Gasteiger partial charge in [0.1, 0.15) is 5.82 Å². The SMILES string of the molecule is C[C@@H](NC(=O)[C@H]1CC[C@H](NS(=O)(=O)c2ccc3cc(-c4ccccc4C(F)(F)F)[nH]c3c2)CC1)c1ccc(F)cc1. The molecule has 4 aromatic rings. The first-order valence-electron chi connectivity index (χ1n) is 13.3. The molecule has 1 aliphatic carbocycles. The molecule has 11 heteroatoms. The topological polar surface area (TPSA) is 91.1 Å². The van der Waals surface area contributed by atoms with Crippen LogP contribution < -0.4 is 10.0 Å². The van der Waals surface area contributed by atoms with E-state index in [-0.39, 0.29) is 45.9 Å². The Morgan fingerprint density at radius 3 is 2.32 bits per heavy atom. The molecule has 3 aromatic carbocycles. The third-order valence-corrected chi connectivity index (χ3v) is 9.09. The summed E-state index contributed by atoms with van der Waals surface area (Å²) in [5.41, 5.74) is 0.620. The first kappa shape index (κ1) is 28.8. The standard InChI is InChI=1S/C30H29F4N3O3S/c1-18(19-6-11-22(31)12-7-19)35-29(38)20-8-13-23(14-9-20)37-41(39,40)24-15-10-21-16-28(36-27(21)17-24)25-4-2-3-5-26(25)30(32,33)34/h2-7,10-12,15-18,20,23,36-37H,8-9,13-14H2,1H3,(H,35,38)/t18-,20-,23-/m1/s1. The van der Waals surface area contributed by atoms with E-state index in [9.17, 15) is 30.8 Å². The number of nitrogens with one attached hydrogen (secondary N) is 3. The number of rotatable bonds is 7. The highest BCUT2D eigenvalue weighted by Gasteiger charge is 2.34. The molecule has 0 bridgehead atoms. The highest BCUT2D eigenvalue weighted by Crippen LogP contribution is 2.38. The number of amides is 1. The molecule has 1 saturated carbocycles. The molecule has 41 heavy (non-hydrogen) atoms. The fourth-order valence-corrected chi connectivity index (χ4v) is 6.64. The van der Waals surface area contributed by atoms with Crippen LogP contribution in [0.5, 0.6) is 0 Å². The van der Waals surface area contributed by atoms with Gasteiger partial charge in [0.2, 0.25) is 15.9 Å². The van der Waals surface area contributed by atoms with Crippen molar-refractivity contribution in [1.82, 2.24) is 15.0 Å². The number of benzene rings is 3. The lowest BCUT2D eigenvalue weighted by Gasteiger charge is -2.29. The molecule has 5 rings (SSSR count). The van der Waals surface area contributed by atoms with Gasteiger partial charge in [-0.1, -0.05) is 36.4 Å². The Morgan fingerprint density at radius 2 is 1.63 bits per heavy atom. The summed E-state index contributed by atoms with van der Waals surface area (Å²) in [6.45, 7) is 1.82. The number of carbonyl (C=O) groups is 1. The molecule has 1 amide bonds. The van der Waals surface area contributed by atoms with E-state index in [4.69, 9.17) is 0 Å². The molecule has 216 valence electrons. The second-order valence-corrected chi connectivity index (χ2v) is 12.1. The molecule has 0 aliphatic heterocycles. The van der Waals surface area contributed by atoms with E-state index in [0.717, 1.165) is 11.6 Å². The predicted molar refractivity (Wildman–Crippen MR) is 148 cm³/mol. The minimum absolute atomic E-state index is 0.00417. The zero-order chi connectivity index (χ0) is 29.4. The van der Waals surface area contributed by atoms with Crippen molar-refractivity contribution in [3.05, 3.63) is 89.7 Å². The molecule has 1 atom stereocenters. The quantitative estimate of drug-likeness (QED) is 0.210. The van der Waals surface area contributed by atoms with E-state index >= 15 is 0 Å². The summed E-state index contributed by atoms with van der Waals surface area (Å²) in [5.74, 6) is -0.729. The number of alkyl halides is 3. The highest BCUT2D eigenvalue weighted by molar-refractivity contribution is 7.89. The molecule has 1 heterocycles. The Bertz CT molecular complexity index is 1660. The fourth-order valence-electron chi connectivity index (χ4n) is 5.31. The van der Waals surface area contributed by atoms with Crippen LogP contribution in [0.2, 0.25) is 0 Å². The number of hydrogen-bond acceptors (Lipinski definition) is 3. The Morgan fingerprint density at radius 1 is 0.951 bits per heavy atom. The third kappa shape index (κ3) is 6.46. The van der Waals surface area contributed by atoms with Gasteiger partial charge in [0, 0.05) is 34.1 Å². The normalized spacial score (nSPS) is 18.8. The maximum atomic E-state index is 13.5. The number of sulfonamides is 1. The van der Waals surface area contributed by atoms with Crippen LogP contribution in [0.1, 0.15) is 49.8 Å². The van der Waals surface area contributed by atoms with Gasteiger partial charge < -0.3 is 10.3 Å². The molecule has 0 spiro atoms. The number of halogens is 4. The van der Waals surface area contributed by atoms with E-state index in [0.29, 0.717) is 36.6 Å². The van der Waals surface area contributed by atoms with Crippen molar-refractivity contribution >= 4 is 26.8 Å². The maximum absolute atomic E-state index is 13.5. The Labute approximate surface area is 235 Å². The molecule has 1 fully saturated rings. The molecular formula is C30H29F4N3O3S. The van der Waals surface area contributed by atoms with Gasteiger partial charge >= 0.3 is 6.18 Å². The summed E-state index contributed by atoms with van der Waals surface area (Å²) in [7, 11) is -3.92. The van der Waals surface area contributed by atoms with Crippen molar-refractivity contribution in [3.8, 4) is 11.3 Å². The van der Waals surface area contributed by atoms with E-state index in [1.165, 1.54) is 42.5 Å². The first-order valence-corrected chi connectivity index (χ1v) is 14.8. The first-order chi connectivity index (χ1) is 19.4. The molecular weight excluding hydrogens is 558 g/mol. The van der Waals surface area contributed by atoms with Crippen LogP contribution in [-0.4, -0.2) is 25.4 Å². The summed E-state index contributed by atoms with van der Waals surface area (Å²) >= 11 is 0. The lowest BCUT2D eigenvalue weighted by molar-refractivity contribution is -0.137. The van der Waals surface area contributed by atoms with E-state index < -0.39 is 21.8 Å². The summed E-state index contributed by atoms with van der Waals surface area (Å²) in [6.07, 6.45) is -2.57. The minimum atomic E-state index is -4.53. The third-order valence-electron chi connectivity index (χ3n) is 7.58. The zero-order valence-electron chi connectivity index (χ0n) is 22.1. The Kier molecular flexibility index (Phi) is 7.93. The summed E-state index contributed by atoms with van der Waals surface area (Å²) in [5, 5.41) is 3.53. The molecule has 1 aromatic heterocycles. The number of carbonyl (C=O) groups excluding carboxylic acids is 1. The Hall–Kier alpha value is -3.70. The van der Waals surface area contributed by atoms with Gasteiger partial charge in [-0.25, -0.2) is 17.5 Å². The van der Waals surface area contributed by atoms with Crippen LogP contribution >= 0.6 is 0 Å². The summed E-state index contributed by atoms with van der Waals surface area (Å²) in [6, 6.07) is 16.5. The molecule has 0 saturated heterocycles. The highest BCUT2D eigenvalue weighted by atomic mass is 32.2. The van der Waals surface area contributed by atoms with Gasteiger partial charge in [-0.3, -0.25) is 4.79 Å². The van der Waals surface area contributed by atoms with Crippen molar-refractivity contribution in [3.63, 3.8) is 0 Å². The van der Waals surface area contributed by atoms with Crippen LogP contribution in [0.3, 0.4) is 0 Å². The lowest BCUT2D eigenvalue weighted by Crippen LogP contribution is -2.41. The van der Waals surface area contributed by atoms with E-state index in [2.05, 4.69) is 15.0 Å². The van der Waals surface area contributed by atoms with Crippen LogP contribution in [-0.2, 0) is 21.0 Å². The van der Waals surface area contributed by atoms with Gasteiger partial charge in [0.25, 0.3) is 0 Å². The number of fused-ring (bicyclic) bond motifs is 1. The smallest absolute Gasteiger partial charge is 0.354 e. The van der Waals surface area contributed by atoms with Gasteiger partial charge in [0.15, 0.2) is 0 Å². The van der Waals surface area contributed by atoms with Gasteiger partial charge in [0.05, 0.1) is 16.5 Å². The number of hydrogen-bond donors (Lipinski definition) is 3. The number of aromatic amines is 1. The predicted octanol–water partition coefficient (Wildman–Crippen LogP) is 6.71. The van der Waals surface area contributed by atoms with Crippen molar-refractivity contribution in [2.45, 2.75) is 55.8 Å². The largest absolute Gasteiger partial charge is 0.417 e. The molecule has 0 unspecified atom stereocenters. The van der Waals surface area contributed by atoms with E-state index in [1.54, 1.807) is 24.3 Å². The second kappa shape index (κ2) is 11.3. The average molecular weight is 588 g/mol. The van der Waals surface area contributed by atoms with Crippen LogP contribution in [0, 0.1) is 11.7 Å². The van der Waals surface area contributed by atoms with Gasteiger partial charge in [-0.05, 0) is 74.6 Å². The lowest BCUT2D eigenvalue weighted by atomic mass is 9.85. The number of H-pyrrole nitrogens is 1. The van der Waals surface area contributed by atoms with Gasteiger partial charge in [-0.2, -0.15) is 13.2 Å². The fraction of sp³-hybridized carbons (Fsp3) is 0.300. The van der Waals surface area contributed by atoms with Crippen molar-refractivity contribution in [1.29, 1.82) is 0 Å². The van der Waals surface area contributed by atoms with Crippen molar-refractivity contribution in [2.24, 2.45) is 5.92 Å². The maximum Gasteiger partial charge on any atom is 0.417 e. The summed E-state index contributed by atoms with van der Waals surface area (Å²) < 4.78 is 82.7.